The van der Waals surface area contributed by atoms with Crippen LogP contribution in [-0.4, -0.2) is 24.4 Å². The second-order valence-corrected chi connectivity index (χ2v) is 10.0. The van der Waals surface area contributed by atoms with Crippen LogP contribution in [0.2, 0.25) is 0 Å². The lowest BCUT2D eigenvalue weighted by Gasteiger charge is -2.46. The van der Waals surface area contributed by atoms with Gasteiger partial charge in [0.1, 0.15) is 11.4 Å². The number of hydrogen-bond acceptors (Lipinski definition) is 4. The quantitative estimate of drug-likeness (QED) is 0.344. The molecule has 6 rings (SSSR count). The fraction of sp³-hybridized carbons (Fsp3) is 0.226. The summed E-state index contributed by atoms with van der Waals surface area (Å²) in [6.45, 7) is 5.09. The Morgan fingerprint density at radius 1 is 0.917 bits per heavy atom. The van der Waals surface area contributed by atoms with Crippen LogP contribution in [0.1, 0.15) is 32.3 Å². The van der Waals surface area contributed by atoms with E-state index in [0.717, 1.165) is 33.6 Å². The molecule has 2 aliphatic rings. The van der Waals surface area contributed by atoms with Gasteiger partial charge in [-0.25, -0.2) is 0 Å². The number of rotatable bonds is 5. The standard InChI is InChI=1S/C31H29N3O2/c1-30(2)25-15-8-9-16-26(25)34(20-10-17-28(35)33-23-12-4-3-5-13-23)31(30)21-32-29-24-14-7-6-11-22(24)18-19-27(29)36-31/h3-9,11-16,18-19,21H,10,17,20H2,1-2H3,(H,33,35). The number of nitrogens with one attached hydrogen (secondary N) is 1. The third-order valence-electron chi connectivity index (χ3n) is 7.51. The van der Waals surface area contributed by atoms with Crippen molar-refractivity contribution in [1.82, 2.24) is 0 Å². The van der Waals surface area contributed by atoms with Crippen LogP contribution in [-0.2, 0) is 10.2 Å². The molecule has 0 fully saturated rings. The predicted molar refractivity (Wildman–Crippen MR) is 147 cm³/mol. The van der Waals surface area contributed by atoms with E-state index < -0.39 is 5.72 Å². The first-order valence-corrected chi connectivity index (χ1v) is 12.5. The molecule has 1 N–H and O–H groups in total. The average molecular weight is 476 g/mol. The zero-order valence-electron chi connectivity index (χ0n) is 20.6. The molecule has 1 unspecified atom stereocenters. The molecule has 0 bridgehead atoms. The Hall–Kier alpha value is -4.12. The Labute approximate surface area is 211 Å². The summed E-state index contributed by atoms with van der Waals surface area (Å²) in [4.78, 5) is 19.9. The Morgan fingerprint density at radius 3 is 2.53 bits per heavy atom. The number of amides is 1. The molecule has 1 atom stereocenters. The van der Waals surface area contributed by atoms with E-state index in [9.17, 15) is 4.79 Å². The van der Waals surface area contributed by atoms with Crippen LogP contribution in [0, 0.1) is 0 Å². The largest absolute Gasteiger partial charge is 0.459 e. The first kappa shape index (κ1) is 22.4. The summed E-state index contributed by atoms with van der Waals surface area (Å²) in [5, 5.41) is 5.21. The first-order chi connectivity index (χ1) is 17.5. The number of fused-ring (bicyclic) bond motifs is 4. The molecule has 36 heavy (non-hydrogen) atoms. The highest BCUT2D eigenvalue weighted by atomic mass is 16.5. The number of benzene rings is 4. The summed E-state index contributed by atoms with van der Waals surface area (Å²) in [7, 11) is 0. The van der Waals surface area contributed by atoms with Gasteiger partial charge in [-0.15, -0.1) is 0 Å². The maximum absolute atomic E-state index is 12.6. The van der Waals surface area contributed by atoms with Crippen molar-refractivity contribution in [2.24, 2.45) is 4.99 Å². The van der Waals surface area contributed by atoms with Gasteiger partial charge in [-0.05, 0) is 55.5 Å². The molecule has 0 radical (unpaired) electrons. The van der Waals surface area contributed by atoms with E-state index in [0.29, 0.717) is 19.4 Å². The number of para-hydroxylation sites is 2. The molecule has 1 spiro atoms. The van der Waals surface area contributed by atoms with Gasteiger partial charge in [-0.2, -0.15) is 0 Å². The van der Waals surface area contributed by atoms with Gasteiger partial charge in [-0.1, -0.05) is 66.7 Å². The van der Waals surface area contributed by atoms with E-state index in [1.165, 1.54) is 5.56 Å². The molecule has 2 aliphatic heterocycles. The van der Waals surface area contributed by atoms with Crippen molar-refractivity contribution in [3.8, 4) is 5.75 Å². The minimum Gasteiger partial charge on any atom is -0.459 e. The van der Waals surface area contributed by atoms with Crippen LogP contribution in [0.3, 0.4) is 0 Å². The summed E-state index contributed by atoms with van der Waals surface area (Å²) in [5.74, 6) is 0.793. The minimum atomic E-state index is -0.790. The number of nitrogens with zero attached hydrogens (tertiary/aromatic N) is 2. The lowest BCUT2D eigenvalue weighted by molar-refractivity contribution is -0.116. The van der Waals surface area contributed by atoms with E-state index in [4.69, 9.17) is 9.73 Å². The first-order valence-electron chi connectivity index (χ1n) is 12.5. The topological polar surface area (TPSA) is 53.9 Å². The highest BCUT2D eigenvalue weighted by Crippen LogP contribution is 2.54. The van der Waals surface area contributed by atoms with Gasteiger partial charge >= 0.3 is 0 Å². The Balaban J connectivity index is 1.31. The summed E-state index contributed by atoms with van der Waals surface area (Å²) in [5.41, 5.74) is 2.88. The van der Waals surface area contributed by atoms with Crippen molar-refractivity contribution < 1.29 is 9.53 Å². The normalized spacial score (nSPS) is 19.1. The van der Waals surface area contributed by atoms with Crippen LogP contribution in [0.4, 0.5) is 17.1 Å². The van der Waals surface area contributed by atoms with Crippen LogP contribution in [0.15, 0.2) is 96.0 Å². The van der Waals surface area contributed by atoms with E-state index >= 15 is 0 Å². The smallest absolute Gasteiger partial charge is 0.228 e. The summed E-state index contributed by atoms with van der Waals surface area (Å²) >= 11 is 0. The number of ether oxygens (including phenoxy) is 1. The minimum absolute atomic E-state index is 0.0111. The number of carbonyl (C=O) groups is 1. The Morgan fingerprint density at radius 2 is 1.67 bits per heavy atom. The highest BCUT2D eigenvalue weighted by molar-refractivity contribution is 6.00. The number of hydrogen-bond donors (Lipinski definition) is 1. The third-order valence-corrected chi connectivity index (χ3v) is 7.51. The van der Waals surface area contributed by atoms with Crippen molar-refractivity contribution >= 4 is 40.0 Å². The SMILES string of the molecule is CC1(C)c2ccccc2N(CCCC(=O)Nc2ccccc2)C12C=Nc1c(ccc3ccccc13)O2. The molecule has 4 aromatic rings. The van der Waals surface area contributed by atoms with Crippen LogP contribution >= 0.6 is 0 Å². The van der Waals surface area contributed by atoms with Gasteiger partial charge in [-0.3, -0.25) is 9.79 Å². The fourth-order valence-corrected chi connectivity index (χ4v) is 5.59. The van der Waals surface area contributed by atoms with Crippen molar-refractivity contribution in [2.75, 3.05) is 16.8 Å². The van der Waals surface area contributed by atoms with E-state index in [1.54, 1.807) is 0 Å². The van der Waals surface area contributed by atoms with Crippen molar-refractivity contribution in [1.29, 1.82) is 0 Å². The van der Waals surface area contributed by atoms with Crippen LogP contribution in [0.5, 0.6) is 5.75 Å². The molecule has 1 amide bonds. The van der Waals surface area contributed by atoms with Crippen molar-refractivity contribution in [3.63, 3.8) is 0 Å². The van der Waals surface area contributed by atoms with Gasteiger partial charge < -0.3 is 15.0 Å². The molecular weight excluding hydrogens is 446 g/mol. The second kappa shape index (κ2) is 8.52. The second-order valence-electron chi connectivity index (χ2n) is 10.0. The number of anilines is 2. The molecule has 0 saturated carbocycles. The van der Waals surface area contributed by atoms with Crippen molar-refractivity contribution in [2.45, 2.75) is 37.8 Å². The summed E-state index contributed by atoms with van der Waals surface area (Å²) in [6, 6.07) is 30.4. The molecule has 0 aliphatic carbocycles. The molecule has 0 aromatic heterocycles. The molecule has 4 aromatic carbocycles. The number of aliphatic imine (C=N–C) groups is 1. The molecule has 5 nitrogen and oxygen atoms in total. The van der Waals surface area contributed by atoms with Gasteiger partial charge in [0.2, 0.25) is 11.6 Å². The molecular formula is C31H29N3O2. The van der Waals surface area contributed by atoms with E-state index in [-0.39, 0.29) is 11.3 Å². The van der Waals surface area contributed by atoms with Gasteiger partial charge in [0, 0.05) is 29.7 Å². The van der Waals surface area contributed by atoms with Crippen LogP contribution in [0.25, 0.3) is 10.8 Å². The maximum atomic E-state index is 12.6. The summed E-state index contributed by atoms with van der Waals surface area (Å²) < 4.78 is 6.93. The fourth-order valence-electron chi connectivity index (χ4n) is 5.59. The van der Waals surface area contributed by atoms with Gasteiger partial charge in [0.15, 0.2) is 0 Å². The van der Waals surface area contributed by atoms with Gasteiger partial charge in [0.05, 0.1) is 11.6 Å². The van der Waals surface area contributed by atoms with Crippen LogP contribution < -0.4 is 15.0 Å². The lowest BCUT2D eigenvalue weighted by Crippen LogP contribution is -2.62. The highest BCUT2D eigenvalue weighted by Gasteiger charge is 2.59. The predicted octanol–water partition coefficient (Wildman–Crippen LogP) is 6.85. The molecule has 0 saturated heterocycles. The Kier molecular flexibility index (Phi) is 5.29. The van der Waals surface area contributed by atoms with E-state index in [1.807, 2.05) is 54.7 Å². The number of carbonyl (C=O) groups excluding carboxylic acids is 1. The zero-order valence-corrected chi connectivity index (χ0v) is 20.6. The summed E-state index contributed by atoms with van der Waals surface area (Å²) in [6.07, 6.45) is 3.08. The average Bonchev–Trinajstić information content (AvgIpc) is 3.07. The zero-order chi connectivity index (χ0) is 24.8. The third kappa shape index (κ3) is 3.46. The Bertz CT molecular complexity index is 1480. The molecule has 2 heterocycles. The van der Waals surface area contributed by atoms with Crippen molar-refractivity contribution in [3.05, 3.63) is 96.6 Å². The monoisotopic (exact) mass is 475 g/mol. The van der Waals surface area contributed by atoms with E-state index in [2.05, 4.69) is 66.5 Å². The maximum Gasteiger partial charge on any atom is 0.228 e. The lowest BCUT2D eigenvalue weighted by atomic mass is 9.77. The molecule has 5 heteroatoms. The van der Waals surface area contributed by atoms with Gasteiger partial charge in [0.25, 0.3) is 0 Å². The molecule has 180 valence electrons.